The summed E-state index contributed by atoms with van der Waals surface area (Å²) in [6, 6.07) is 5.88. The minimum Gasteiger partial charge on any atom is -0.508 e. The van der Waals surface area contributed by atoms with Gasteiger partial charge in [-0.1, -0.05) is 6.58 Å². The lowest BCUT2D eigenvalue weighted by Gasteiger charge is -2.05. The predicted molar refractivity (Wildman–Crippen MR) is 73.4 cm³/mol. The first-order chi connectivity index (χ1) is 9.63. The lowest BCUT2D eigenvalue weighted by Crippen LogP contribution is -2.07. The van der Waals surface area contributed by atoms with E-state index in [9.17, 15) is 9.59 Å². The van der Waals surface area contributed by atoms with Crippen LogP contribution in [0.2, 0.25) is 0 Å². The largest absolute Gasteiger partial charge is 0.508 e. The van der Waals surface area contributed by atoms with Gasteiger partial charge in [-0.15, -0.1) is 0 Å². The molecule has 0 fully saturated rings. The van der Waals surface area contributed by atoms with Gasteiger partial charge in [0.2, 0.25) is 0 Å². The average Bonchev–Trinajstić information content (AvgIpc) is 2.46. The monoisotopic (exact) mass is 278 g/mol. The molecule has 5 nitrogen and oxygen atoms in total. The Labute approximate surface area is 117 Å². The molecule has 5 heteroatoms. The molecule has 0 aliphatic carbocycles. The predicted octanol–water partition coefficient (Wildman–Crippen LogP) is 2.45. The van der Waals surface area contributed by atoms with Crippen LogP contribution in [0.1, 0.15) is 29.6 Å². The van der Waals surface area contributed by atoms with Crippen molar-refractivity contribution in [2.75, 3.05) is 13.2 Å². The van der Waals surface area contributed by atoms with Gasteiger partial charge < -0.3 is 14.6 Å². The van der Waals surface area contributed by atoms with E-state index in [1.807, 2.05) is 0 Å². The van der Waals surface area contributed by atoms with Crippen LogP contribution < -0.4 is 0 Å². The molecule has 0 unspecified atom stereocenters. The van der Waals surface area contributed by atoms with Crippen LogP contribution >= 0.6 is 0 Å². The zero-order valence-electron chi connectivity index (χ0n) is 11.2. The smallest absolute Gasteiger partial charge is 0.338 e. The Hall–Kier alpha value is -2.30. The topological polar surface area (TPSA) is 72.8 Å². The molecule has 0 amide bonds. The molecule has 1 aromatic carbocycles. The first kappa shape index (κ1) is 15.8. The molecule has 20 heavy (non-hydrogen) atoms. The number of carbonyl (C=O) groups excluding carboxylic acids is 2. The third-order valence-electron chi connectivity index (χ3n) is 2.54. The Bertz CT molecular complexity index is 450. The van der Waals surface area contributed by atoms with E-state index in [-0.39, 0.29) is 5.75 Å². The summed E-state index contributed by atoms with van der Waals surface area (Å²) in [6.07, 6.45) is 3.35. The Kier molecular flexibility index (Phi) is 6.89. The van der Waals surface area contributed by atoms with Gasteiger partial charge in [0.1, 0.15) is 5.75 Å². The number of hydrogen-bond donors (Lipinski definition) is 1. The molecule has 0 spiro atoms. The van der Waals surface area contributed by atoms with E-state index in [1.165, 1.54) is 24.3 Å². The average molecular weight is 278 g/mol. The number of unbranched alkanes of at least 4 members (excludes halogenated alkanes) is 2. The fourth-order valence-corrected chi connectivity index (χ4v) is 1.46. The molecule has 1 N–H and O–H groups in total. The molecule has 0 radical (unpaired) electrons. The Balaban J connectivity index is 2.09. The zero-order valence-corrected chi connectivity index (χ0v) is 11.2. The Morgan fingerprint density at radius 2 is 1.65 bits per heavy atom. The first-order valence-corrected chi connectivity index (χ1v) is 6.39. The van der Waals surface area contributed by atoms with Crippen LogP contribution in [0.3, 0.4) is 0 Å². The van der Waals surface area contributed by atoms with Gasteiger partial charge in [0.25, 0.3) is 0 Å². The summed E-state index contributed by atoms with van der Waals surface area (Å²) < 4.78 is 9.88. The number of carbonyl (C=O) groups is 2. The summed E-state index contributed by atoms with van der Waals surface area (Å²) in [4.78, 5) is 22.3. The van der Waals surface area contributed by atoms with Gasteiger partial charge >= 0.3 is 11.9 Å². The Morgan fingerprint density at radius 3 is 2.25 bits per heavy atom. The Morgan fingerprint density at radius 1 is 1.05 bits per heavy atom. The highest BCUT2D eigenvalue weighted by molar-refractivity contribution is 5.89. The molecule has 0 saturated heterocycles. The van der Waals surface area contributed by atoms with Gasteiger partial charge in [-0.25, -0.2) is 9.59 Å². The summed E-state index contributed by atoms with van der Waals surface area (Å²) in [5.74, 6) is -0.734. The molecule has 0 saturated carbocycles. The van der Waals surface area contributed by atoms with E-state index >= 15 is 0 Å². The van der Waals surface area contributed by atoms with Crippen molar-refractivity contribution in [1.29, 1.82) is 0 Å². The van der Waals surface area contributed by atoms with Crippen LogP contribution in [0.25, 0.3) is 0 Å². The van der Waals surface area contributed by atoms with Crippen molar-refractivity contribution >= 4 is 11.9 Å². The molecule has 0 aromatic heterocycles. The number of hydrogen-bond acceptors (Lipinski definition) is 5. The molecular formula is C15H18O5. The number of phenols is 1. The lowest BCUT2D eigenvalue weighted by molar-refractivity contribution is -0.137. The number of rotatable bonds is 8. The molecule has 0 aliphatic heterocycles. The highest BCUT2D eigenvalue weighted by Crippen LogP contribution is 2.10. The number of esters is 2. The maximum Gasteiger partial charge on any atom is 0.338 e. The van der Waals surface area contributed by atoms with Crippen LogP contribution in [0.4, 0.5) is 0 Å². The number of benzene rings is 1. The van der Waals surface area contributed by atoms with Gasteiger partial charge in [-0.05, 0) is 43.5 Å². The first-order valence-electron chi connectivity index (χ1n) is 6.39. The van der Waals surface area contributed by atoms with Crippen molar-refractivity contribution in [2.24, 2.45) is 0 Å². The molecule has 108 valence electrons. The van der Waals surface area contributed by atoms with Gasteiger partial charge in [0, 0.05) is 6.08 Å². The van der Waals surface area contributed by atoms with E-state index in [4.69, 9.17) is 14.6 Å². The summed E-state index contributed by atoms with van der Waals surface area (Å²) >= 11 is 0. The van der Waals surface area contributed by atoms with Crippen molar-refractivity contribution < 1.29 is 24.2 Å². The van der Waals surface area contributed by atoms with Crippen molar-refractivity contribution in [2.45, 2.75) is 19.3 Å². The maximum absolute atomic E-state index is 11.6. The fourth-order valence-electron chi connectivity index (χ4n) is 1.46. The van der Waals surface area contributed by atoms with E-state index in [1.54, 1.807) is 0 Å². The van der Waals surface area contributed by atoms with Gasteiger partial charge in [-0.3, -0.25) is 0 Å². The number of aromatic hydroxyl groups is 1. The van der Waals surface area contributed by atoms with Gasteiger partial charge in [0.05, 0.1) is 18.8 Å². The summed E-state index contributed by atoms with van der Waals surface area (Å²) in [5.41, 5.74) is 0.405. The second-order valence-electron chi connectivity index (χ2n) is 4.12. The number of phenolic OH excluding ortho intramolecular Hbond substituents is 1. The third kappa shape index (κ3) is 6.04. The van der Waals surface area contributed by atoms with Crippen LogP contribution in [0.15, 0.2) is 36.9 Å². The molecule has 0 aliphatic rings. The minimum atomic E-state index is -0.427. The van der Waals surface area contributed by atoms with Crippen LogP contribution in [-0.4, -0.2) is 30.3 Å². The highest BCUT2D eigenvalue weighted by Gasteiger charge is 2.06. The van der Waals surface area contributed by atoms with Crippen molar-refractivity contribution in [3.05, 3.63) is 42.5 Å². The quantitative estimate of drug-likeness (QED) is 0.449. The maximum atomic E-state index is 11.6. The third-order valence-corrected chi connectivity index (χ3v) is 2.54. The van der Waals surface area contributed by atoms with Gasteiger partial charge in [-0.2, -0.15) is 0 Å². The second kappa shape index (κ2) is 8.74. The fraction of sp³-hybridized carbons (Fsp3) is 0.333. The van der Waals surface area contributed by atoms with E-state index < -0.39 is 11.9 Å². The van der Waals surface area contributed by atoms with Crippen molar-refractivity contribution in [3.63, 3.8) is 0 Å². The highest BCUT2D eigenvalue weighted by atomic mass is 16.5. The minimum absolute atomic E-state index is 0.107. The molecule has 0 bridgehead atoms. The van der Waals surface area contributed by atoms with E-state index in [0.29, 0.717) is 25.2 Å². The molecule has 0 atom stereocenters. The standard InChI is InChI=1S/C15H18O5/c1-2-14(17)19-10-4-3-5-11-20-15(18)12-6-8-13(16)9-7-12/h2,6-9,16H,1,3-5,10-11H2. The van der Waals surface area contributed by atoms with Crippen molar-refractivity contribution in [3.8, 4) is 5.75 Å². The molecule has 1 rings (SSSR count). The van der Waals surface area contributed by atoms with Gasteiger partial charge in [0.15, 0.2) is 0 Å². The van der Waals surface area contributed by atoms with Crippen molar-refractivity contribution in [1.82, 2.24) is 0 Å². The SMILES string of the molecule is C=CC(=O)OCCCCCOC(=O)c1ccc(O)cc1. The van der Waals surface area contributed by atoms with Crippen LogP contribution in [0, 0.1) is 0 Å². The summed E-state index contributed by atoms with van der Waals surface area (Å²) in [7, 11) is 0. The zero-order chi connectivity index (χ0) is 14.8. The molecular weight excluding hydrogens is 260 g/mol. The second-order valence-corrected chi connectivity index (χ2v) is 4.12. The normalized spacial score (nSPS) is 9.80. The van der Waals surface area contributed by atoms with E-state index in [0.717, 1.165) is 18.9 Å². The van der Waals surface area contributed by atoms with Crippen LogP contribution in [-0.2, 0) is 14.3 Å². The van der Waals surface area contributed by atoms with E-state index in [2.05, 4.69) is 6.58 Å². The lowest BCUT2D eigenvalue weighted by atomic mass is 10.2. The molecule has 0 heterocycles. The summed E-state index contributed by atoms with van der Waals surface area (Å²) in [5, 5.41) is 9.10. The number of ether oxygens (including phenoxy) is 2. The molecule has 1 aromatic rings. The van der Waals surface area contributed by atoms with Crippen LogP contribution in [0.5, 0.6) is 5.75 Å². The summed E-state index contributed by atoms with van der Waals surface area (Å²) in [6.45, 7) is 3.95.